The van der Waals surface area contributed by atoms with E-state index < -0.39 is 17.3 Å². The summed E-state index contributed by atoms with van der Waals surface area (Å²) >= 11 is 0. The Morgan fingerprint density at radius 2 is 1.84 bits per heavy atom. The number of aromatic nitrogens is 2. The molecule has 1 fully saturated rings. The summed E-state index contributed by atoms with van der Waals surface area (Å²) in [4.78, 5) is 63.4. The van der Waals surface area contributed by atoms with Crippen LogP contribution in [-0.4, -0.2) is 38.8 Å². The maximum Gasteiger partial charge on any atom is 0.328 e. The highest BCUT2D eigenvalue weighted by atomic mass is 16.2. The molecule has 1 saturated heterocycles. The smallest absolute Gasteiger partial charge is 0.328 e. The molecule has 0 atom stereocenters. The van der Waals surface area contributed by atoms with Crippen LogP contribution >= 0.6 is 0 Å². The topological polar surface area (TPSA) is 133 Å². The van der Waals surface area contributed by atoms with Gasteiger partial charge in [-0.3, -0.25) is 28.8 Å². The number of nitrogens with one attached hydrogen (secondary N) is 3. The monoisotopic (exact) mass is 421 g/mol. The van der Waals surface area contributed by atoms with Crippen molar-refractivity contribution < 1.29 is 14.4 Å². The predicted molar refractivity (Wildman–Crippen MR) is 112 cm³/mol. The average molecular weight is 421 g/mol. The summed E-state index contributed by atoms with van der Waals surface area (Å²) in [6.07, 6.45) is 0.00713. The van der Waals surface area contributed by atoms with Gasteiger partial charge >= 0.3 is 11.7 Å². The van der Waals surface area contributed by atoms with Crippen molar-refractivity contribution in [2.45, 2.75) is 19.5 Å². The van der Waals surface area contributed by atoms with E-state index in [0.717, 1.165) is 4.90 Å². The molecule has 4 amide bonds. The van der Waals surface area contributed by atoms with Crippen LogP contribution in [0.5, 0.6) is 0 Å². The van der Waals surface area contributed by atoms with Crippen molar-refractivity contribution in [2.24, 2.45) is 0 Å². The molecule has 3 N–H and O–H groups in total. The van der Waals surface area contributed by atoms with Crippen LogP contribution in [0.4, 0.5) is 10.5 Å². The number of aryl methyl sites for hydroxylation is 1. The van der Waals surface area contributed by atoms with Crippen molar-refractivity contribution in [2.75, 3.05) is 11.9 Å². The second-order valence-electron chi connectivity index (χ2n) is 7.07. The molecule has 0 bridgehead atoms. The second kappa shape index (κ2) is 8.27. The van der Waals surface area contributed by atoms with E-state index in [2.05, 4.69) is 15.6 Å². The Bertz CT molecular complexity index is 1290. The molecule has 4 rings (SSSR count). The lowest BCUT2D eigenvalue weighted by atomic mass is 10.2. The van der Waals surface area contributed by atoms with E-state index in [0.29, 0.717) is 22.2 Å². The number of benzene rings is 2. The summed E-state index contributed by atoms with van der Waals surface area (Å²) in [5.41, 5.74) is 0.606. The molecular weight excluding hydrogens is 402 g/mol. The summed E-state index contributed by atoms with van der Waals surface area (Å²) in [5, 5.41) is 5.58. The van der Waals surface area contributed by atoms with Crippen LogP contribution in [0.3, 0.4) is 0 Å². The number of amides is 4. The minimum atomic E-state index is -0.577. The first-order chi connectivity index (χ1) is 14.9. The SMILES string of the molecule is O=C(CCn1c(=O)[nH]c(=O)c2ccccc21)Nc1cccc(CN2C(=O)CNC2=O)c1. The number of carbonyl (C=O) groups is 3. The lowest BCUT2D eigenvalue weighted by Gasteiger charge is -2.14. The highest BCUT2D eigenvalue weighted by Gasteiger charge is 2.28. The number of H-pyrrole nitrogens is 1. The summed E-state index contributed by atoms with van der Waals surface area (Å²) in [6.45, 7) is 0.172. The van der Waals surface area contributed by atoms with Crippen LogP contribution in [0.2, 0.25) is 0 Å². The van der Waals surface area contributed by atoms with Gasteiger partial charge in [0.2, 0.25) is 11.8 Å². The number of carbonyl (C=O) groups excluding carboxylic acids is 3. The number of fused-ring (bicyclic) bond motifs is 1. The van der Waals surface area contributed by atoms with E-state index >= 15 is 0 Å². The zero-order chi connectivity index (χ0) is 22.0. The zero-order valence-electron chi connectivity index (χ0n) is 16.4. The Morgan fingerprint density at radius 3 is 2.61 bits per heavy atom. The number of imide groups is 1. The van der Waals surface area contributed by atoms with E-state index in [9.17, 15) is 24.0 Å². The van der Waals surface area contributed by atoms with Gasteiger partial charge in [-0.25, -0.2) is 9.59 Å². The molecular formula is C21H19N5O5. The number of nitrogens with zero attached hydrogens (tertiary/aromatic N) is 2. The van der Waals surface area contributed by atoms with E-state index in [1.165, 1.54) is 4.57 Å². The highest BCUT2D eigenvalue weighted by Crippen LogP contribution is 2.15. The molecule has 0 spiro atoms. The first-order valence-electron chi connectivity index (χ1n) is 9.61. The van der Waals surface area contributed by atoms with Gasteiger partial charge < -0.3 is 10.6 Å². The largest absolute Gasteiger partial charge is 0.329 e. The number of rotatable bonds is 6. The van der Waals surface area contributed by atoms with Gasteiger partial charge in [-0.05, 0) is 29.8 Å². The van der Waals surface area contributed by atoms with E-state index in [1.54, 1.807) is 48.5 Å². The maximum absolute atomic E-state index is 12.4. The van der Waals surface area contributed by atoms with Gasteiger partial charge in [0.15, 0.2) is 0 Å². The van der Waals surface area contributed by atoms with E-state index in [1.807, 2.05) is 0 Å². The Kier molecular flexibility index (Phi) is 5.35. The highest BCUT2D eigenvalue weighted by molar-refractivity contribution is 6.01. The van der Waals surface area contributed by atoms with Gasteiger partial charge in [0.1, 0.15) is 0 Å². The van der Waals surface area contributed by atoms with Crippen LogP contribution in [0.25, 0.3) is 10.9 Å². The van der Waals surface area contributed by atoms with E-state index in [-0.39, 0.29) is 37.9 Å². The second-order valence-corrected chi connectivity index (χ2v) is 7.07. The molecule has 1 aliphatic rings. The minimum Gasteiger partial charge on any atom is -0.329 e. The van der Waals surface area contributed by atoms with Crippen molar-refractivity contribution in [1.29, 1.82) is 0 Å². The van der Waals surface area contributed by atoms with Gasteiger partial charge in [0, 0.05) is 18.7 Å². The van der Waals surface area contributed by atoms with Crippen LogP contribution in [-0.2, 0) is 22.7 Å². The maximum atomic E-state index is 12.4. The van der Waals surface area contributed by atoms with Crippen molar-refractivity contribution in [3.05, 3.63) is 74.9 Å². The van der Waals surface area contributed by atoms with Gasteiger partial charge in [0.05, 0.1) is 24.0 Å². The number of aromatic amines is 1. The van der Waals surface area contributed by atoms with Crippen LogP contribution in [0, 0.1) is 0 Å². The number of urea groups is 1. The van der Waals surface area contributed by atoms with Gasteiger partial charge in [-0.15, -0.1) is 0 Å². The summed E-state index contributed by atoms with van der Waals surface area (Å²) in [6, 6.07) is 13.1. The van der Waals surface area contributed by atoms with Crippen molar-refractivity contribution in [3.63, 3.8) is 0 Å². The standard InChI is InChI=1S/C21H19N5O5/c27-17(8-9-25-16-7-2-1-6-15(16)19(29)24-21(25)31)23-14-5-3-4-13(10-14)12-26-18(28)11-22-20(26)30/h1-7,10H,8-9,11-12H2,(H,22,30)(H,23,27)(H,24,29,31). The van der Waals surface area contributed by atoms with Gasteiger partial charge in [-0.1, -0.05) is 24.3 Å². The third-order valence-corrected chi connectivity index (χ3v) is 4.96. The predicted octanol–water partition coefficient (Wildman–Crippen LogP) is 0.770. The third kappa shape index (κ3) is 4.22. The minimum absolute atomic E-state index is 0.00713. The Labute approximate surface area is 175 Å². The zero-order valence-corrected chi connectivity index (χ0v) is 16.4. The Balaban J connectivity index is 1.44. The third-order valence-electron chi connectivity index (χ3n) is 4.96. The number of para-hydroxylation sites is 1. The first-order valence-corrected chi connectivity index (χ1v) is 9.61. The van der Waals surface area contributed by atoms with Crippen LogP contribution in [0.15, 0.2) is 58.1 Å². The molecule has 0 aliphatic carbocycles. The Hall–Kier alpha value is -4.21. The fraction of sp³-hybridized carbons (Fsp3) is 0.190. The molecule has 0 radical (unpaired) electrons. The fourth-order valence-corrected chi connectivity index (χ4v) is 3.45. The van der Waals surface area contributed by atoms with E-state index in [4.69, 9.17) is 0 Å². The molecule has 3 aromatic rings. The molecule has 31 heavy (non-hydrogen) atoms. The van der Waals surface area contributed by atoms with Crippen molar-refractivity contribution >= 4 is 34.4 Å². The molecule has 0 saturated carbocycles. The first kappa shape index (κ1) is 20.1. The quantitative estimate of drug-likeness (QED) is 0.506. The average Bonchev–Trinajstić information content (AvgIpc) is 3.06. The number of hydrogen-bond donors (Lipinski definition) is 3. The van der Waals surface area contributed by atoms with Gasteiger partial charge in [0.25, 0.3) is 5.56 Å². The fourth-order valence-electron chi connectivity index (χ4n) is 3.45. The molecule has 1 aliphatic heterocycles. The van der Waals surface area contributed by atoms with Crippen LogP contribution in [0.1, 0.15) is 12.0 Å². The molecule has 0 unspecified atom stereocenters. The molecule has 1 aromatic heterocycles. The number of anilines is 1. The van der Waals surface area contributed by atoms with Crippen molar-refractivity contribution in [1.82, 2.24) is 19.8 Å². The molecule has 2 aromatic carbocycles. The normalized spacial score (nSPS) is 13.5. The van der Waals surface area contributed by atoms with Crippen molar-refractivity contribution in [3.8, 4) is 0 Å². The molecule has 2 heterocycles. The summed E-state index contributed by atoms with van der Waals surface area (Å²) < 4.78 is 1.35. The Morgan fingerprint density at radius 1 is 1.03 bits per heavy atom. The van der Waals surface area contributed by atoms with Crippen LogP contribution < -0.4 is 21.9 Å². The lowest BCUT2D eigenvalue weighted by molar-refractivity contribution is -0.125. The molecule has 10 heteroatoms. The summed E-state index contributed by atoms with van der Waals surface area (Å²) in [5.74, 6) is -0.632. The molecule has 10 nitrogen and oxygen atoms in total. The summed E-state index contributed by atoms with van der Waals surface area (Å²) in [7, 11) is 0. The lowest BCUT2D eigenvalue weighted by Crippen LogP contribution is -2.31. The number of hydrogen-bond acceptors (Lipinski definition) is 5. The molecule has 158 valence electrons. The van der Waals surface area contributed by atoms with Gasteiger partial charge in [-0.2, -0.15) is 0 Å².